The molecule has 0 radical (unpaired) electrons. The second-order valence-corrected chi connectivity index (χ2v) is 22.9. The summed E-state index contributed by atoms with van der Waals surface area (Å²) < 4.78 is 27.6. The van der Waals surface area contributed by atoms with Crippen LogP contribution in [0.15, 0.2) is 30.3 Å². The zero-order valence-electron chi connectivity index (χ0n) is 43.7. The highest BCUT2D eigenvalue weighted by Gasteiger charge is 2.20. The summed E-state index contributed by atoms with van der Waals surface area (Å²) in [4.78, 5) is 21.8. The Balaban J connectivity index is 1.66. The van der Waals surface area contributed by atoms with Crippen LogP contribution in [-0.4, -0.2) is 36.4 Å². The van der Waals surface area contributed by atoms with Gasteiger partial charge in [0.15, 0.2) is 0 Å². The van der Waals surface area contributed by atoms with Gasteiger partial charge < -0.3 is 9.63 Å². The highest BCUT2D eigenvalue weighted by Crippen LogP contribution is 2.43. The van der Waals surface area contributed by atoms with Gasteiger partial charge in [-0.2, -0.15) is 0 Å². The summed E-state index contributed by atoms with van der Waals surface area (Å²) in [6, 6.07) is 9.61. The van der Waals surface area contributed by atoms with Crippen molar-refractivity contribution >= 4 is 22.4 Å². The van der Waals surface area contributed by atoms with Gasteiger partial charge in [-0.25, -0.2) is 4.57 Å². The molecule has 0 saturated heterocycles. The Hall–Kier alpha value is -0.770. The van der Waals surface area contributed by atoms with Gasteiger partial charge in [0.1, 0.15) is 6.61 Å². The molecular weight excluding hydrogens is 855 g/mol. The smallest absolute Gasteiger partial charge is 0.461 e. The maximum absolute atomic E-state index is 12.1. The van der Waals surface area contributed by atoms with E-state index in [4.69, 9.17) is 13.8 Å². The monoisotopic (exact) mass is 965 g/mol. The molecule has 0 aliphatic rings. The van der Waals surface area contributed by atoms with Gasteiger partial charge in [0.2, 0.25) is 0 Å². The average Bonchev–Trinajstić information content (AvgIpc) is 3.32. The molecule has 0 bridgehead atoms. The summed E-state index contributed by atoms with van der Waals surface area (Å²) in [7, 11) is -2.77. The maximum atomic E-state index is 12.1. The lowest BCUT2D eigenvalue weighted by atomic mass is 10.0. The molecule has 2 atom stereocenters. The Morgan fingerprint density at radius 2 is 0.712 bits per heavy atom. The van der Waals surface area contributed by atoms with E-state index >= 15 is 0 Å². The third kappa shape index (κ3) is 49.6. The third-order valence-electron chi connectivity index (χ3n) is 13.5. The van der Waals surface area contributed by atoms with Crippen molar-refractivity contribution in [1.82, 2.24) is 0 Å². The number of unbranched alkanes of at least 4 members (excludes halogenated alkanes) is 41. The van der Waals surface area contributed by atoms with E-state index in [-0.39, 0.29) is 25.8 Å². The van der Waals surface area contributed by atoms with Gasteiger partial charge in [0.05, 0.1) is 13.2 Å². The fourth-order valence-electron chi connectivity index (χ4n) is 9.08. The number of hydrogen-bond acceptors (Lipinski definition) is 5. The summed E-state index contributed by atoms with van der Waals surface area (Å²) in [6.07, 6.45) is 63.0. The van der Waals surface area contributed by atoms with Gasteiger partial charge in [-0.1, -0.05) is 288 Å². The summed E-state index contributed by atoms with van der Waals surface area (Å²) in [6.45, 7) is 2.99. The summed E-state index contributed by atoms with van der Waals surface area (Å²) in [5, 5.41) is 0. The fourth-order valence-corrected chi connectivity index (χ4v) is 11.2. The molecule has 0 heterocycles. The lowest BCUT2D eigenvalue weighted by Gasteiger charge is -2.12. The molecule has 1 aromatic rings. The maximum Gasteiger partial charge on any atom is 0.472 e. The van der Waals surface area contributed by atoms with Gasteiger partial charge >= 0.3 is 13.8 Å². The van der Waals surface area contributed by atoms with Gasteiger partial charge in [-0.05, 0) is 50.0 Å². The Kier molecular flexibility index (Phi) is 49.9. The minimum atomic E-state index is -4.00. The van der Waals surface area contributed by atoms with Gasteiger partial charge in [0, 0.05) is 6.42 Å². The summed E-state index contributed by atoms with van der Waals surface area (Å²) >= 11 is 0. The van der Waals surface area contributed by atoms with Crippen molar-refractivity contribution in [2.45, 2.75) is 302 Å². The van der Waals surface area contributed by atoms with Crippen molar-refractivity contribution in [1.29, 1.82) is 0 Å². The third-order valence-corrected chi connectivity index (χ3v) is 15.9. The van der Waals surface area contributed by atoms with E-state index < -0.39 is 7.82 Å². The van der Waals surface area contributed by atoms with Crippen molar-refractivity contribution in [3.8, 4) is 0 Å². The van der Waals surface area contributed by atoms with Crippen molar-refractivity contribution in [2.75, 3.05) is 25.5 Å². The van der Waals surface area contributed by atoms with Gasteiger partial charge in [0.25, 0.3) is 0 Å². The predicted octanol–water partition coefficient (Wildman–Crippen LogP) is 20.1. The highest BCUT2D eigenvalue weighted by molar-refractivity contribution is 7.47. The zero-order valence-corrected chi connectivity index (χ0v) is 45.6. The number of carbonyl (C=O) groups is 1. The van der Waals surface area contributed by atoms with E-state index in [1.165, 1.54) is 265 Å². The van der Waals surface area contributed by atoms with E-state index in [9.17, 15) is 14.3 Å². The average molecular weight is 965 g/mol. The van der Waals surface area contributed by atoms with Crippen LogP contribution in [0.4, 0.5) is 0 Å². The van der Waals surface area contributed by atoms with Crippen LogP contribution in [0.2, 0.25) is 0 Å². The molecule has 388 valence electrons. The summed E-state index contributed by atoms with van der Waals surface area (Å²) in [5.74, 6) is -0.228. The second kappa shape index (κ2) is 52.1. The predicted molar refractivity (Wildman–Crippen MR) is 289 cm³/mol. The summed E-state index contributed by atoms with van der Waals surface area (Å²) in [5.41, 5.74) is 0.968. The molecule has 0 saturated carbocycles. The number of phosphoric ester groups is 1. The molecule has 1 aromatic carbocycles. The van der Waals surface area contributed by atoms with E-state index in [2.05, 4.69) is 6.92 Å². The van der Waals surface area contributed by atoms with Crippen LogP contribution in [0, 0.1) is 0 Å². The van der Waals surface area contributed by atoms with Crippen LogP contribution in [0.5, 0.6) is 0 Å². The first-order valence-electron chi connectivity index (χ1n) is 29.1. The minimum Gasteiger partial charge on any atom is -0.461 e. The normalized spacial score (nSPS) is 12.7. The van der Waals surface area contributed by atoms with Crippen molar-refractivity contribution in [3.63, 3.8) is 0 Å². The number of phosphoric acid groups is 1. The zero-order chi connectivity index (χ0) is 47.4. The van der Waals surface area contributed by atoms with Crippen LogP contribution in [0.1, 0.15) is 301 Å². The fraction of sp³-hybridized carbons (Fsp3) is 0.879. The van der Waals surface area contributed by atoms with Crippen LogP contribution >= 0.6 is 16.4 Å². The standard InChI is InChI=1S/C58H110O6P2/c1-2-3-54-65-55-48-40-38-36-34-32-30-28-26-24-22-20-18-16-14-12-10-8-6-4-5-7-9-11-13-15-17-19-21-23-25-27-29-31-33-35-37-39-46-52-63-66(60,61)64-53-47-42-45-51-58(59)62-56-57-49-43-41-44-50-57/h41,43-44,49-50,65H,2-40,42,45-48,51-56H2,1H3,(H,60,61). The molecule has 0 amide bonds. The molecule has 66 heavy (non-hydrogen) atoms. The molecule has 0 aromatic heterocycles. The SMILES string of the molecule is CCCCPCCCCCCCCCCCCCCCCCCCCCCCCCCCCCCCCCCCCCCCCCOP(=O)(O)OCCCCCC(=O)OCc1ccccc1. The number of ether oxygens (including phenoxy) is 1. The number of benzene rings is 1. The number of esters is 1. The lowest BCUT2D eigenvalue weighted by Crippen LogP contribution is -2.04. The van der Waals surface area contributed by atoms with Crippen molar-refractivity contribution in [3.05, 3.63) is 35.9 Å². The molecule has 0 aliphatic heterocycles. The largest absolute Gasteiger partial charge is 0.472 e. The van der Waals surface area contributed by atoms with E-state index in [0.717, 1.165) is 31.2 Å². The lowest BCUT2D eigenvalue weighted by molar-refractivity contribution is -0.145. The highest BCUT2D eigenvalue weighted by atomic mass is 31.2. The Bertz CT molecular complexity index is 1150. The number of rotatable bonds is 55. The van der Waals surface area contributed by atoms with E-state index in [1.54, 1.807) is 0 Å². The van der Waals surface area contributed by atoms with Crippen LogP contribution in [-0.2, 0) is 29.8 Å². The molecule has 2 unspecified atom stereocenters. The van der Waals surface area contributed by atoms with Crippen LogP contribution in [0.25, 0.3) is 0 Å². The van der Waals surface area contributed by atoms with E-state index in [1.807, 2.05) is 30.3 Å². The molecule has 6 nitrogen and oxygen atoms in total. The first kappa shape index (κ1) is 63.2. The number of carbonyl (C=O) groups excluding carboxylic acids is 1. The molecule has 1 rings (SSSR count). The first-order valence-corrected chi connectivity index (χ1v) is 32.0. The molecule has 1 N–H and O–H groups in total. The Morgan fingerprint density at radius 1 is 0.424 bits per heavy atom. The van der Waals surface area contributed by atoms with E-state index in [0.29, 0.717) is 19.3 Å². The second-order valence-electron chi connectivity index (χ2n) is 20.0. The molecular formula is C58H110O6P2. The number of hydrogen-bond donors (Lipinski definition) is 1. The van der Waals surface area contributed by atoms with Crippen LogP contribution in [0.3, 0.4) is 0 Å². The topological polar surface area (TPSA) is 82.1 Å². The van der Waals surface area contributed by atoms with Gasteiger partial charge in [-0.3, -0.25) is 13.8 Å². The molecule has 0 fully saturated rings. The minimum absolute atomic E-state index is 0.146. The molecule has 0 spiro atoms. The molecule has 8 heteroatoms. The van der Waals surface area contributed by atoms with Crippen molar-refractivity contribution in [2.24, 2.45) is 0 Å². The first-order chi connectivity index (χ1) is 32.5. The van der Waals surface area contributed by atoms with Gasteiger partial charge in [-0.15, -0.1) is 8.58 Å². The quantitative estimate of drug-likeness (QED) is 0.0398. The Morgan fingerprint density at radius 3 is 1.05 bits per heavy atom. The van der Waals surface area contributed by atoms with Crippen LogP contribution < -0.4 is 0 Å². The van der Waals surface area contributed by atoms with Crippen molar-refractivity contribution < 1.29 is 28.0 Å². The Labute approximate surface area is 412 Å². The molecule has 0 aliphatic carbocycles.